The summed E-state index contributed by atoms with van der Waals surface area (Å²) in [5.41, 5.74) is 6.38. The maximum Gasteiger partial charge on any atom is 0.142 e. The minimum Gasteiger partial charge on any atom is -0.361 e. The molecule has 0 aliphatic heterocycles. The molecule has 0 saturated heterocycles. The van der Waals surface area contributed by atoms with Crippen LogP contribution in [0, 0.1) is 0 Å². The van der Waals surface area contributed by atoms with Gasteiger partial charge in [-0.1, -0.05) is 18.2 Å². The number of fused-ring (bicyclic) bond motifs is 1. The van der Waals surface area contributed by atoms with Crippen LogP contribution in [-0.4, -0.2) is 23.9 Å². The predicted octanol–water partition coefficient (Wildman–Crippen LogP) is 2.34. The van der Waals surface area contributed by atoms with Crippen LogP contribution in [0.3, 0.4) is 0 Å². The first-order chi connectivity index (χ1) is 9.33. The number of anilines is 1. The number of hydrogen-bond acceptors (Lipinski definition) is 4. The van der Waals surface area contributed by atoms with Crippen LogP contribution in [0.25, 0.3) is 10.9 Å². The molecular formula is C15H19N3O. The van der Waals surface area contributed by atoms with E-state index in [9.17, 15) is 4.79 Å². The van der Waals surface area contributed by atoms with Gasteiger partial charge in [-0.25, -0.2) is 4.98 Å². The molecule has 4 nitrogen and oxygen atoms in total. The quantitative estimate of drug-likeness (QED) is 0.590. The summed E-state index contributed by atoms with van der Waals surface area (Å²) < 4.78 is 0. The second kappa shape index (κ2) is 6.85. The Morgan fingerprint density at radius 2 is 2.05 bits per heavy atom. The van der Waals surface area contributed by atoms with Crippen LogP contribution >= 0.6 is 0 Å². The maximum atomic E-state index is 11.0. The minimum atomic E-state index is -0.194. The zero-order valence-electron chi connectivity index (χ0n) is 10.9. The van der Waals surface area contributed by atoms with Crippen LogP contribution in [0.15, 0.2) is 36.4 Å². The molecule has 2 rings (SSSR count). The van der Waals surface area contributed by atoms with Gasteiger partial charge in [-0.3, -0.25) is 0 Å². The van der Waals surface area contributed by atoms with Gasteiger partial charge in [0.2, 0.25) is 0 Å². The van der Waals surface area contributed by atoms with E-state index in [0.717, 1.165) is 42.3 Å². The third-order valence-corrected chi connectivity index (χ3v) is 3.07. The van der Waals surface area contributed by atoms with Crippen LogP contribution in [0.1, 0.15) is 19.3 Å². The molecule has 3 N–H and O–H groups in total. The van der Waals surface area contributed by atoms with Crippen molar-refractivity contribution < 1.29 is 4.79 Å². The number of para-hydroxylation sites is 1. The zero-order chi connectivity index (χ0) is 13.5. The molecule has 0 fully saturated rings. The van der Waals surface area contributed by atoms with Crippen LogP contribution in [-0.2, 0) is 4.79 Å². The summed E-state index contributed by atoms with van der Waals surface area (Å²) >= 11 is 0. The summed E-state index contributed by atoms with van der Waals surface area (Å²) in [7, 11) is 0. The number of carbonyl (C=O) groups is 1. The van der Waals surface area contributed by atoms with Gasteiger partial charge in [0.15, 0.2) is 0 Å². The number of nitrogens with two attached hydrogens (primary N) is 1. The van der Waals surface area contributed by atoms with Crippen LogP contribution in [0.2, 0.25) is 0 Å². The van der Waals surface area contributed by atoms with E-state index >= 15 is 0 Å². The predicted molar refractivity (Wildman–Crippen MR) is 78.1 cm³/mol. The van der Waals surface area contributed by atoms with Crippen molar-refractivity contribution in [3.05, 3.63) is 36.4 Å². The number of rotatable bonds is 7. The number of carbonyl (C=O) groups excluding carboxylic acids is 1. The lowest BCUT2D eigenvalue weighted by Crippen LogP contribution is -2.21. The number of nitrogens with one attached hydrogen (secondary N) is 1. The Morgan fingerprint density at radius 1 is 1.21 bits per heavy atom. The first kappa shape index (κ1) is 13.5. The normalized spacial score (nSPS) is 12.3. The molecule has 0 bridgehead atoms. The fourth-order valence-corrected chi connectivity index (χ4v) is 2.02. The Balaban J connectivity index is 2.04. The van der Waals surface area contributed by atoms with E-state index < -0.39 is 0 Å². The van der Waals surface area contributed by atoms with Gasteiger partial charge in [0.25, 0.3) is 0 Å². The topological polar surface area (TPSA) is 68.0 Å². The van der Waals surface area contributed by atoms with Crippen LogP contribution in [0.5, 0.6) is 0 Å². The monoisotopic (exact) mass is 257 g/mol. The van der Waals surface area contributed by atoms with Gasteiger partial charge in [-0.2, -0.15) is 0 Å². The molecule has 1 atom stereocenters. The highest BCUT2D eigenvalue weighted by atomic mass is 16.1. The number of nitrogens with zero attached hydrogens (tertiary/aromatic N) is 1. The first-order valence-corrected chi connectivity index (χ1v) is 6.61. The molecule has 1 heterocycles. The summed E-state index contributed by atoms with van der Waals surface area (Å²) in [6.45, 7) is 0.666. The SMILES string of the molecule is NCCCC[C@H](C=O)Nc1ccc2ccccc2n1. The molecule has 2 aromatic rings. The Labute approximate surface area is 113 Å². The number of aromatic nitrogens is 1. The van der Waals surface area contributed by atoms with Crippen molar-refractivity contribution in [1.29, 1.82) is 0 Å². The van der Waals surface area contributed by atoms with Crippen molar-refractivity contribution in [1.82, 2.24) is 4.98 Å². The molecule has 0 radical (unpaired) electrons. The van der Waals surface area contributed by atoms with Gasteiger partial charge in [-0.15, -0.1) is 0 Å². The summed E-state index contributed by atoms with van der Waals surface area (Å²) in [6.07, 6.45) is 3.61. The number of hydrogen-bond donors (Lipinski definition) is 2. The smallest absolute Gasteiger partial charge is 0.142 e. The molecule has 0 spiro atoms. The van der Waals surface area contributed by atoms with Crippen molar-refractivity contribution in [2.45, 2.75) is 25.3 Å². The average molecular weight is 257 g/mol. The van der Waals surface area contributed by atoms with E-state index in [1.165, 1.54) is 0 Å². The maximum absolute atomic E-state index is 11.0. The standard InChI is InChI=1S/C15H19N3O/c16-10-4-3-6-13(11-19)17-15-9-8-12-5-1-2-7-14(12)18-15/h1-2,5,7-9,11,13H,3-4,6,10,16H2,(H,17,18)/t13-/m1/s1. The summed E-state index contributed by atoms with van der Waals surface area (Å²) in [6, 6.07) is 11.6. The molecule has 1 aromatic heterocycles. The van der Waals surface area contributed by atoms with Crippen LogP contribution < -0.4 is 11.1 Å². The molecule has 100 valence electrons. The lowest BCUT2D eigenvalue weighted by molar-refractivity contribution is -0.108. The summed E-state index contributed by atoms with van der Waals surface area (Å²) in [4.78, 5) is 15.5. The highest BCUT2D eigenvalue weighted by Crippen LogP contribution is 2.15. The van der Waals surface area contributed by atoms with E-state index in [1.54, 1.807) is 0 Å². The molecule has 0 saturated carbocycles. The van der Waals surface area contributed by atoms with E-state index in [0.29, 0.717) is 6.54 Å². The number of benzene rings is 1. The number of aldehydes is 1. The lowest BCUT2D eigenvalue weighted by atomic mass is 10.1. The Morgan fingerprint density at radius 3 is 2.84 bits per heavy atom. The Kier molecular flexibility index (Phi) is 4.86. The highest BCUT2D eigenvalue weighted by molar-refractivity contribution is 5.80. The van der Waals surface area contributed by atoms with Gasteiger partial charge in [-0.05, 0) is 44.0 Å². The highest BCUT2D eigenvalue weighted by Gasteiger charge is 2.07. The summed E-state index contributed by atoms with van der Waals surface area (Å²) in [5.74, 6) is 0.739. The van der Waals surface area contributed by atoms with Gasteiger partial charge in [0.05, 0.1) is 11.6 Å². The fourth-order valence-electron chi connectivity index (χ4n) is 2.02. The molecule has 0 aliphatic rings. The summed E-state index contributed by atoms with van der Waals surface area (Å²) in [5, 5.41) is 4.26. The Hall–Kier alpha value is -1.94. The molecule has 19 heavy (non-hydrogen) atoms. The third kappa shape index (κ3) is 3.76. The molecule has 0 unspecified atom stereocenters. The number of pyridine rings is 1. The van der Waals surface area contributed by atoms with Gasteiger partial charge in [0.1, 0.15) is 12.1 Å². The van der Waals surface area contributed by atoms with E-state index in [1.807, 2.05) is 36.4 Å². The molecule has 0 amide bonds. The van der Waals surface area contributed by atoms with Crippen molar-refractivity contribution in [3.8, 4) is 0 Å². The average Bonchev–Trinajstić information content (AvgIpc) is 2.46. The zero-order valence-corrected chi connectivity index (χ0v) is 10.9. The molecular weight excluding hydrogens is 238 g/mol. The third-order valence-electron chi connectivity index (χ3n) is 3.07. The Bertz CT molecular complexity index is 542. The van der Waals surface area contributed by atoms with E-state index in [-0.39, 0.29) is 6.04 Å². The van der Waals surface area contributed by atoms with Crippen LogP contribution in [0.4, 0.5) is 5.82 Å². The van der Waals surface area contributed by atoms with Gasteiger partial charge in [0, 0.05) is 5.39 Å². The number of unbranched alkanes of at least 4 members (excludes halogenated alkanes) is 1. The molecule has 1 aromatic carbocycles. The first-order valence-electron chi connectivity index (χ1n) is 6.61. The molecule has 0 aliphatic carbocycles. The van der Waals surface area contributed by atoms with Crippen molar-refractivity contribution in [2.75, 3.05) is 11.9 Å². The van der Waals surface area contributed by atoms with Gasteiger partial charge >= 0.3 is 0 Å². The van der Waals surface area contributed by atoms with Crippen molar-refractivity contribution >= 4 is 23.0 Å². The van der Waals surface area contributed by atoms with E-state index in [2.05, 4.69) is 10.3 Å². The van der Waals surface area contributed by atoms with E-state index in [4.69, 9.17) is 5.73 Å². The van der Waals surface area contributed by atoms with Crippen molar-refractivity contribution in [2.24, 2.45) is 5.73 Å². The second-order valence-electron chi connectivity index (χ2n) is 4.56. The second-order valence-corrected chi connectivity index (χ2v) is 4.56. The fraction of sp³-hybridized carbons (Fsp3) is 0.333. The largest absolute Gasteiger partial charge is 0.361 e. The lowest BCUT2D eigenvalue weighted by Gasteiger charge is -2.13. The minimum absolute atomic E-state index is 0.194. The van der Waals surface area contributed by atoms with Crippen molar-refractivity contribution in [3.63, 3.8) is 0 Å². The van der Waals surface area contributed by atoms with Gasteiger partial charge < -0.3 is 15.8 Å². The molecule has 4 heteroatoms.